The molecule has 34 heavy (non-hydrogen) atoms. The molecule has 1 N–H and O–H groups in total. The summed E-state index contributed by atoms with van der Waals surface area (Å²) in [4.78, 5) is 40.5. The lowest BCUT2D eigenvalue weighted by atomic mass is 10.0. The normalized spacial score (nSPS) is 22.8. The highest BCUT2D eigenvalue weighted by Crippen LogP contribution is 2.34. The number of carbonyl (C=O) groups is 3. The Morgan fingerprint density at radius 3 is 2.71 bits per heavy atom. The second-order valence-electron chi connectivity index (χ2n) is 8.59. The molecule has 0 aromatic heterocycles. The number of hydrogen-bond acceptors (Lipinski definition) is 5. The number of hydrogen-bond donors (Lipinski definition) is 1. The van der Waals surface area contributed by atoms with Crippen molar-refractivity contribution in [1.29, 1.82) is 0 Å². The molecule has 2 fully saturated rings. The Morgan fingerprint density at radius 1 is 1.15 bits per heavy atom. The number of piperidine rings is 1. The van der Waals surface area contributed by atoms with E-state index in [1.807, 2.05) is 24.3 Å². The molecule has 2 saturated heterocycles. The lowest BCUT2D eigenvalue weighted by Crippen LogP contribution is -2.49. The Bertz CT molecular complexity index is 1230. The Kier molecular flexibility index (Phi) is 5.42. The molecule has 3 heterocycles. The molecule has 1 unspecified atom stereocenters. The van der Waals surface area contributed by atoms with E-state index in [2.05, 4.69) is 11.9 Å². The van der Waals surface area contributed by atoms with E-state index in [1.54, 1.807) is 23.1 Å². The first-order valence-electron chi connectivity index (χ1n) is 12.3. The van der Waals surface area contributed by atoms with Gasteiger partial charge in [-0.05, 0) is 36.1 Å². The number of morpholine rings is 1. The molecule has 0 radical (unpaired) electrons. The minimum atomic E-state index is -2.21. The number of benzene rings is 2. The molecule has 2 aromatic rings. The minimum Gasteiger partial charge on any atom is -0.489 e. The summed E-state index contributed by atoms with van der Waals surface area (Å²) in [5, 5.41) is 2.63. The highest BCUT2D eigenvalue weighted by Gasteiger charge is 2.39. The molecule has 8 heteroatoms. The SMILES string of the molecule is [2H]C1([2H])c2c(OCc3ccc(CN4CCOCC4=O)cc3)cccc2C(=O)N1C1CCC(=C)NC1=O. The number of rotatable bonds is 6. The van der Waals surface area contributed by atoms with E-state index < -0.39 is 24.4 Å². The van der Waals surface area contributed by atoms with Gasteiger partial charge in [0.2, 0.25) is 11.8 Å². The van der Waals surface area contributed by atoms with E-state index in [1.165, 1.54) is 0 Å². The fraction of sp³-hybridized carbons (Fsp3) is 0.346. The Balaban J connectivity index is 1.30. The molecule has 3 aliphatic heterocycles. The summed E-state index contributed by atoms with van der Waals surface area (Å²) < 4.78 is 28.7. The van der Waals surface area contributed by atoms with Crippen LogP contribution in [0.3, 0.4) is 0 Å². The number of amides is 3. The van der Waals surface area contributed by atoms with Crippen molar-refractivity contribution in [2.45, 2.75) is 38.5 Å². The van der Waals surface area contributed by atoms with Crippen LogP contribution in [0.1, 0.15) is 42.6 Å². The molecule has 0 aliphatic carbocycles. The van der Waals surface area contributed by atoms with E-state index in [-0.39, 0.29) is 36.0 Å². The predicted molar refractivity (Wildman–Crippen MR) is 124 cm³/mol. The second kappa shape index (κ2) is 9.30. The lowest BCUT2D eigenvalue weighted by Gasteiger charge is -2.31. The molecule has 0 spiro atoms. The third kappa shape index (κ3) is 4.41. The van der Waals surface area contributed by atoms with Gasteiger partial charge >= 0.3 is 0 Å². The maximum absolute atomic E-state index is 13.2. The second-order valence-corrected chi connectivity index (χ2v) is 8.59. The van der Waals surface area contributed by atoms with Gasteiger partial charge in [0.05, 0.1) is 15.8 Å². The van der Waals surface area contributed by atoms with Crippen molar-refractivity contribution in [2.24, 2.45) is 0 Å². The van der Waals surface area contributed by atoms with Crippen molar-refractivity contribution in [3.05, 3.63) is 77.0 Å². The summed E-state index contributed by atoms with van der Waals surface area (Å²) >= 11 is 0. The van der Waals surface area contributed by atoms with Crippen LogP contribution in [-0.4, -0.2) is 53.3 Å². The molecule has 2 aromatic carbocycles. The largest absolute Gasteiger partial charge is 0.489 e. The Labute approximate surface area is 200 Å². The van der Waals surface area contributed by atoms with Gasteiger partial charge in [-0.15, -0.1) is 0 Å². The van der Waals surface area contributed by atoms with Gasteiger partial charge in [-0.2, -0.15) is 0 Å². The van der Waals surface area contributed by atoms with E-state index in [0.29, 0.717) is 38.2 Å². The number of nitrogens with zero attached hydrogens (tertiary/aromatic N) is 2. The molecule has 3 amide bonds. The van der Waals surface area contributed by atoms with Gasteiger partial charge in [0.1, 0.15) is 25.0 Å². The number of fused-ring (bicyclic) bond motifs is 1. The summed E-state index contributed by atoms with van der Waals surface area (Å²) in [6.07, 6.45) is 0.786. The number of nitrogens with one attached hydrogen (secondary N) is 1. The van der Waals surface area contributed by atoms with Crippen LogP contribution in [0.25, 0.3) is 0 Å². The Hall–Kier alpha value is -3.65. The number of allylic oxidation sites excluding steroid dienone is 1. The van der Waals surface area contributed by atoms with Gasteiger partial charge in [0.15, 0.2) is 0 Å². The molecule has 8 nitrogen and oxygen atoms in total. The summed E-state index contributed by atoms with van der Waals surface area (Å²) in [6.45, 7) is 3.44. The third-order valence-electron chi connectivity index (χ3n) is 6.22. The first-order valence-corrected chi connectivity index (χ1v) is 11.3. The molecular weight excluding hydrogens is 434 g/mol. The zero-order valence-corrected chi connectivity index (χ0v) is 18.7. The van der Waals surface area contributed by atoms with Gasteiger partial charge in [-0.3, -0.25) is 14.4 Å². The smallest absolute Gasteiger partial charge is 0.255 e. The van der Waals surface area contributed by atoms with Gasteiger partial charge in [0.25, 0.3) is 5.91 Å². The van der Waals surface area contributed by atoms with Gasteiger partial charge < -0.3 is 24.6 Å². The maximum atomic E-state index is 13.2. The molecule has 1 atom stereocenters. The van der Waals surface area contributed by atoms with Gasteiger partial charge in [0, 0.05) is 29.9 Å². The van der Waals surface area contributed by atoms with E-state index in [0.717, 1.165) is 16.0 Å². The summed E-state index contributed by atoms with van der Waals surface area (Å²) in [6, 6.07) is 11.6. The van der Waals surface area contributed by atoms with Crippen LogP contribution in [0.15, 0.2) is 54.7 Å². The van der Waals surface area contributed by atoms with Crippen LogP contribution < -0.4 is 10.1 Å². The molecule has 3 aliphatic rings. The summed E-state index contributed by atoms with van der Waals surface area (Å²) in [5.74, 6) is -0.732. The molecule has 176 valence electrons. The minimum absolute atomic E-state index is 0.0277. The monoisotopic (exact) mass is 463 g/mol. The van der Waals surface area contributed by atoms with E-state index in [4.69, 9.17) is 12.2 Å². The molecule has 5 rings (SSSR count). The third-order valence-corrected chi connectivity index (χ3v) is 6.22. The summed E-state index contributed by atoms with van der Waals surface area (Å²) in [7, 11) is 0. The first-order chi connectivity index (χ1) is 17.3. The van der Waals surface area contributed by atoms with Crippen LogP contribution in [-0.2, 0) is 34.0 Å². The molecule has 0 saturated carbocycles. The molecular formula is C26H27N3O5. The average molecular weight is 464 g/mol. The average Bonchev–Trinajstić information content (AvgIpc) is 3.06. The number of carbonyl (C=O) groups excluding carboxylic acids is 3. The highest BCUT2D eigenvalue weighted by atomic mass is 16.5. The van der Waals surface area contributed by atoms with Crippen molar-refractivity contribution in [3.63, 3.8) is 0 Å². The van der Waals surface area contributed by atoms with Crippen molar-refractivity contribution in [3.8, 4) is 5.75 Å². The topological polar surface area (TPSA) is 88.2 Å². The number of ether oxygens (including phenoxy) is 2. The van der Waals surface area contributed by atoms with Crippen molar-refractivity contribution in [2.75, 3.05) is 19.8 Å². The van der Waals surface area contributed by atoms with Crippen LogP contribution in [0.4, 0.5) is 0 Å². The summed E-state index contributed by atoms with van der Waals surface area (Å²) in [5.41, 5.74) is 2.74. The molecule has 0 bridgehead atoms. The van der Waals surface area contributed by atoms with E-state index in [9.17, 15) is 14.4 Å². The zero-order valence-electron chi connectivity index (χ0n) is 20.7. The maximum Gasteiger partial charge on any atom is 0.255 e. The standard InChI is InChI=1S/C26H27N3O5/c1-17-5-10-22(25(31)27-17)29-14-21-20(26(29)32)3-2-4-23(21)34-15-19-8-6-18(7-9-19)13-28-11-12-33-16-24(28)30/h2-4,6-9,22H,1,5,10-16H2,(H,27,31)/i14D2. The van der Waals surface area contributed by atoms with Gasteiger partial charge in [-0.1, -0.05) is 36.9 Å². The van der Waals surface area contributed by atoms with Crippen LogP contribution in [0.5, 0.6) is 5.75 Å². The fourth-order valence-corrected chi connectivity index (χ4v) is 4.31. The predicted octanol–water partition coefficient (Wildman–Crippen LogP) is 2.37. The highest BCUT2D eigenvalue weighted by molar-refractivity contribution is 6.02. The van der Waals surface area contributed by atoms with Crippen LogP contribution >= 0.6 is 0 Å². The van der Waals surface area contributed by atoms with E-state index >= 15 is 0 Å². The quantitative estimate of drug-likeness (QED) is 0.711. The first kappa shape index (κ1) is 19.8. The lowest BCUT2D eigenvalue weighted by molar-refractivity contribution is -0.143. The van der Waals surface area contributed by atoms with Crippen molar-refractivity contribution >= 4 is 17.7 Å². The van der Waals surface area contributed by atoms with Crippen LogP contribution in [0.2, 0.25) is 0 Å². The Morgan fingerprint density at radius 2 is 1.94 bits per heavy atom. The van der Waals surface area contributed by atoms with Crippen molar-refractivity contribution < 1.29 is 26.6 Å². The van der Waals surface area contributed by atoms with Crippen LogP contribution in [0, 0.1) is 0 Å². The van der Waals surface area contributed by atoms with Gasteiger partial charge in [-0.25, -0.2) is 0 Å². The fourth-order valence-electron chi connectivity index (χ4n) is 4.31. The van der Waals surface area contributed by atoms with Crippen molar-refractivity contribution in [1.82, 2.24) is 15.1 Å². The zero-order chi connectivity index (χ0) is 25.4.